The van der Waals surface area contributed by atoms with E-state index >= 15 is 0 Å². The molecule has 3 atom stereocenters. The topological polar surface area (TPSA) is 65.5 Å². The maximum absolute atomic E-state index is 13.0. The normalized spacial score (nSPS) is 27.9. The number of nitrogens with zero attached hydrogens (tertiary/aromatic N) is 2. The van der Waals surface area contributed by atoms with Gasteiger partial charge in [0.15, 0.2) is 0 Å². The third-order valence-corrected chi connectivity index (χ3v) is 5.20. The molecule has 5 nitrogen and oxygen atoms in total. The van der Waals surface area contributed by atoms with Crippen molar-refractivity contribution in [3.8, 4) is 0 Å². The molecule has 5 heteroatoms. The van der Waals surface area contributed by atoms with Gasteiger partial charge in [0.25, 0.3) is 5.91 Å². The van der Waals surface area contributed by atoms with Crippen LogP contribution in [0.2, 0.25) is 0 Å². The van der Waals surface area contributed by atoms with Crippen LogP contribution in [0.1, 0.15) is 55.8 Å². The molecule has 0 unspecified atom stereocenters. The summed E-state index contributed by atoms with van der Waals surface area (Å²) in [6.07, 6.45) is 7.67. The molecule has 1 saturated carbocycles. The van der Waals surface area contributed by atoms with E-state index in [4.69, 9.17) is 0 Å². The van der Waals surface area contributed by atoms with Crippen LogP contribution in [-0.4, -0.2) is 46.1 Å². The molecule has 2 N–H and O–H groups in total. The zero-order valence-electron chi connectivity index (χ0n) is 13.9. The van der Waals surface area contributed by atoms with Crippen molar-refractivity contribution in [3.05, 3.63) is 23.9 Å². The summed E-state index contributed by atoms with van der Waals surface area (Å²) < 4.78 is 0. The molecule has 2 fully saturated rings. The number of amides is 1. The largest absolute Gasteiger partial charge is 0.393 e. The molecule has 2 aliphatic rings. The van der Waals surface area contributed by atoms with E-state index in [1.165, 1.54) is 6.42 Å². The predicted octanol–water partition coefficient (Wildman–Crippen LogP) is 2.67. The number of carbonyl (C=O) groups excluding carboxylic acids is 1. The van der Waals surface area contributed by atoms with E-state index in [9.17, 15) is 9.90 Å². The fourth-order valence-electron chi connectivity index (χ4n) is 4.09. The number of aliphatic hydroxyl groups is 1. The lowest BCUT2D eigenvalue weighted by Gasteiger charge is -2.37. The number of carbonyl (C=O) groups is 1. The van der Waals surface area contributed by atoms with Crippen LogP contribution in [0.15, 0.2) is 18.3 Å². The summed E-state index contributed by atoms with van der Waals surface area (Å²) in [6.45, 7) is 3.59. The fourth-order valence-corrected chi connectivity index (χ4v) is 4.09. The molecule has 23 heavy (non-hydrogen) atoms. The van der Waals surface area contributed by atoms with Crippen molar-refractivity contribution in [2.45, 2.75) is 57.6 Å². The first-order valence-electron chi connectivity index (χ1n) is 8.89. The van der Waals surface area contributed by atoms with Crippen LogP contribution >= 0.6 is 0 Å². The second-order valence-electron chi connectivity index (χ2n) is 6.68. The maximum atomic E-state index is 13.0. The molecule has 0 spiro atoms. The highest BCUT2D eigenvalue weighted by molar-refractivity contribution is 5.95. The molecule has 0 bridgehead atoms. The number of pyridine rings is 1. The second kappa shape index (κ2) is 7.30. The standard InChI is InChI=1S/C18H27N3O2/c1-2-19-17-12-13(9-10-20-17)18(23)21-11-5-7-15(21)14-6-3-4-8-16(14)22/h9-10,12,14-16,22H,2-8,11H2,1H3,(H,19,20)/t14-,15+,16-/m0/s1. The third-order valence-electron chi connectivity index (χ3n) is 5.20. The van der Waals surface area contributed by atoms with E-state index in [1.807, 2.05) is 17.9 Å². The lowest BCUT2D eigenvalue weighted by Crippen LogP contribution is -2.45. The minimum Gasteiger partial charge on any atom is -0.393 e. The molecule has 1 amide bonds. The quantitative estimate of drug-likeness (QED) is 0.896. The summed E-state index contributed by atoms with van der Waals surface area (Å²) in [5.41, 5.74) is 0.688. The van der Waals surface area contributed by atoms with Gasteiger partial charge in [0.05, 0.1) is 6.10 Å². The van der Waals surface area contributed by atoms with Gasteiger partial charge in [0, 0.05) is 36.8 Å². The van der Waals surface area contributed by atoms with E-state index < -0.39 is 0 Å². The summed E-state index contributed by atoms with van der Waals surface area (Å²) >= 11 is 0. The van der Waals surface area contributed by atoms with E-state index in [0.717, 1.165) is 51.0 Å². The highest BCUT2D eigenvalue weighted by Crippen LogP contribution is 2.35. The zero-order chi connectivity index (χ0) is 16.2. The number of hydrogen-bond donors (Lipinski definition) is 2. The van der Waals surface area contributed by atoms with Gasteiger partial charge in [-0.3, -0.25) is 4.79 Å². The van der Waals surface area contributed by atoms with Gasteiger partial charge in [-0.15, -0.1) is 0 Å². The molecule has 3 rings (SSSR count). The fraction of sp³-hybridized carbons (Fsp3) is 0.667. The van der Waals surface area contributed by atoms with Crippen molar-refractivity contribution < 1.29 is 9.90 Å². The minimum absolute atomic E-state index is 0.0758. The molecular weight excluding hydrogens is 290 g/mol. The first kappa shape index (κ1) is 16.2. The SMILES string of the molecule is CCNc1cc(C(=O)N2CCC[C@@H]2[C@@H]2CCCC[C@@H]2O)ccn1. The number of aromatic nitrogens is 1. The Morgan fingerprint density at radius 2 is 2.17 bits per heavy atom. The van der Waals surface area contributed by atoms with Gasteiger partial charge >= 0.3 is 0 Å². The lowest BCUT2D eigenvalue weighted by molar-refractivity contribution is 0.0211. The van der Waals surface area contributed by atoms with Crippen LogP contribution < -0.4 is 5.32 Å². The number of anilines is 1. The second-order valence-corrected chi connectivity index (χ2v) is 6.68. The zero-order valence-corrected chi connectivity index (χ0v) is 13.9. The Bertz CT molecular complexity index is 549. The van der Waals surface area contributed by atoms with Gasteiger partial charge in [-0.1, -0.05) is 12.8 Å². The number of aliphatic hydroxyl groups excluding tert-OH is 1. The predicted molar refractivity (Wildman–Crippen MR) is 90.4 cm³/mol. The maximum Gasteiger partial charge on any atom is 0.254 e. The molecule has 1 aromatic heterocycles. The molecular formula is C18H27N3O2. The highest BCUT2D eigenvalue weighted by atomic mass is 16.3. The van der Waals surface area contributed by atoms with E-state index in [-0.39, 0.29) is 24.0 Å². The summed E-state index contributed by atoms with van der Waals surface area (Å²) in [6, 6.07) is 3.81. The molecule has 1 aromatic rings. The van der Waals surface area contributed by atoms with Crippen molar-refractivity contribution in [2.24, 2.45) is 5.92 Å². The molecule has 2 heterocycles. The minimum atomic E-state index is -0.253. The molecule has 0 radical (unpaired) electrons. The van der Waals surface area contributed by atoms with E-state index in [0.29, 0.717) is 5.56 Å². The Labute approximate surface area is 138 Å². The van der Waals surface area contributed by atoms with Crippen molar-refractivity contribution in [2.75, 3.05) is 18.4 Å². The summed E-state index contributed by atoms with van der Waals surface area (Å²) in [7, 11) is 0. The number of likely N-dealkylation sites (tertiary alicyclic amines) is 1. The molecule has 1 saturated heterocycles. The first-order valence-corrected chi connectivity index (χ1v) is 8.89. The van der Waals surface area contributed by atoms with Crippen molar-refractivity contribution in [1.29, 1.82) is 0 Å². The van der Waals surface area contributed by atoms with Crippen molar-refractivity contribution in [3.63, 3.8) is 0 Å². The Morgan fingerprint density at radius 1 is 1.35 bits per heavy atom. The summed E-state index contributed by atoms with van der Waals surface area (Å²) in [5, 5.41) is 13.5. The van der Waals surface area contributed by atoms with Crippen LogP contribution in [0.3, 0.4) is 0 Å². The number of hydrogen-bond acceptors (Lipinski definition) is 4. The van der Waals surface area contributed by atoms with Gasteiger partial charge in [-0.2, -0.15) is 0 Å². The lowest BCUT2D eigenvalue weighted by atomic mass is 9.80. The number of rotatable bonds is 4. The van der Waals surface area contributed by atoms with Crippen LogP contribution in [0.25, 0.3) is 0 Å². The van der Waals surface area contributed by atoms with Gasteiger partial charge in [0.1, 0.15) is 5.82 Å². The molecule has 0 aromatic carbocycles. The Kier molecular flexibility index (Phi) is 5.16. The van der Waals surface area contributed by atoms with Gasteiger partial charge < -0.3 is 15.3 Å². The van der Waals surface area contributed by atoms with Gasteiger partial charge in [-0.25, -0.2) is 4.98 Å². The average Bonchev–Trinajstić information content (AvgIpc) is 3.04. The van der Waals surface area contributed by atoms with E-state index in [2.05, 4.69) is 10.3 Å². The van der Waals surface area contributed by atoms with E-state index in [1.54, 1.807) is 12.3 Å². The first-order chi connectivity index (χ1) is 11.2. The van der Waals surface area contributed by atoms with Crippen LogP contribution in [0.5, 0.6) is 0 Å². The van der Waals surface area contributed by atoms with Crippen molar-refractivity contribution >= 4 is 11.7 Å². The van der Waals surface area contributed by atoms with Crippen molar-refractivity contribution in [1.82, 2.24) is 9.88 Å². The van der Waals surface area contributed by atoms with Crippen LogP contribution in [0.4, 0.5) is 5.82 Å². The van der Waals surface area contributed by atoms with Gasteiger partial charge in [0.2, 0.25) is 0 Å². The number of nitrogens with one attached hydrogen (secondary N) is 1. The summed E-state index contributed by atoms with van der Waals surface area (Å²) in [4.78, 5) is 19.2. The molecule has 1 aliphatic carbocycles. The molecule has 126 valence electrons. The average molecular weight is 317 g/mol. The Balaban J connectivity index is 1.76. The summed E-state index contributed by atoms with van der Waals surface area (Å²) in [5.74, 6) is 1.06. The van der Waals surface area contributed by atoms with Crippen LogP contribution in [-0.2, 0) is 0 Å². The molecule has 1 aliphatic heterocycles. The Morgan fingerprint density at radius 3 is 2.96 bits per heavy atom. The van der Waals surface area contributed by atoms with Gasteiger partial charge in [-0.05, 0) is 44.7 Å². The monoisotopic (exact) mass is 317 g/mol. The van der Waals surface area contributed by atoms with Crippen LogP contribution in [0, 0.1) is 5.92 Å². The highest BCUT2D eigenvalue weighted by Gasteiger charge is 2.39. The smallest absolute Gasteiger partial charge is 0.254 e. The third kappa shape index (κ3) is 3.50. The Hall–Kier alpha value is -1.62.